The van der Waals surface area contributed by atoms with Crippen LogP contribution in [-0.2, 0) is 6.54 Å². The van der Waals surface area contributed by atoms with Crippen molar-refractivity contribution >= 4 is 10.8 Å². The molecule has 0 aliphatic rings. The van der Waals surface area contributed by atoms with Gasteiger partial charge in [-0.25, -0.2) is 0 Å². The second kappa shape index (κ2) is 6.35. The Morgan fingerprint density at radius 1 is 1.04 bits per heavy atom. The smallest absolute Gasteiger partial charge is 0.259 e. The summed E-state index contributed by atoms with van der Waals surface area (Å²) in [5.41, 5.74) is 0.446. The largest absolute Gasteiger partial charge is 0.378 e. The molecule has 3 nitrogen and oxygen atoms in total. The van der Waals surface area contributed by atoms with Gasteiger partial charge < -0.3 is 5.11 Å². The molecule has 1 heterocycles. The van der Waals surface area contributed by atoms with E-state index in [0.29, 0.717) is 17.6 Å². The number of aliphatic hydroxyl groups is 1. The van der Waals surface area contributed by atoms with Crippen LogP contribution >= 0.6 is 0 Å². The summed E-state index contributed by atoms with van der Waals surface area (Å²) in [6.07, 6.45) is 0. The number of fused-ring (bicyclic) bond motifs is 1. The molecule has 120 valence electrons. The maximum atomic E-state index is 12.9. The molecule has 0 bridgehead atoms. The molecular formula is C21H19NO2. The summed E-state index contributed by atoms with van der Waals surface area (Å²) in [6, 6.07) is 19.2. The highest BCUT2D eigenvalue weighted by atomic mass is 16.3. The fourth-order valence-electron chi connectivity index (χ4n) is 2.54. The molecule has 3 rings (SSSR count). The summed E-state index contributed by atoms with van der Waals surface area (Å²) >= 11 is 0. The molecular weight excluding hydrogens is 298 g/mol. The first kappa shape index (κ1) is 16.0. The van der Waals surface area contributed by atoms with Crippen molar-refractivity contribution in [2.75, 3.05) is 0 Å². The molecule has 2 aromatic carbocycles. The van der Waals surface area contributed by atoms with Crippen molar-refractivity contribution < 1.29 is 5.11 Å². The second-order valence-electron chi connectivity index (χ2n) is 6.30. The molecule has 0 unspecified atom stereocenters. The van der Waals surface area contributed by atoms with Gasteiger partial charge in [-0.15, -0.1) is 0 Å². The highest BCUT2D eigenvalue weighted by molar-refractivity contribution is 5.82. The van der Waals surface area contributed by atoms with Gasteiger partial charge in [0.05, 0.1) is 12.2 Å². The van der Waals surface area contributed by atoms with Gasteiger partial charge in [-0.1, -0.05) is 54.5 Å². The lowest BCUT2D eigenvalue weighted by Crippen LogP contribution is -2.24. The van der Waals surface area contributed by atoms with E-state index in [0.717, 1.165) is 10.9 Å². The Kier molecular flexibility index (Phi) is 4.24. The zero-order valence-corrected chi connectivity index (χ0v) is 13.8. The molecule has 1 N–H and O–H groups in total. The lowest BCUT2D eigenvalue weighted by molar-refractivity contribution is 0.143. The van der Waals surface area contributed by atoms with Crippen molar-refractivity contribution in [2.24, 2.45) is 0 Å². The van der Waals surface area contributed by atoms with Crippen molar-refractivity contribution in [1.29, 1.82) is 0 Å². The van der Waals surface area contributed by atoms with Gasteiger partial charge in [-0.05, 0) is 42.9 Å². The first-order valence-corrected chi connectivity index (χ1v) is 7.86. The van der Waals surface area contributed by atoms with Crippen LogP contribution in [0.1, 0.15) is 25.1 Å². The summed E-state index contributed by atoms with van der Waals surface area (Å²) < 4.78 is 1.66. The summed E-state index contributed by atoms with van der Waals surface area (Å²) in [6.45, 7) is 3.70. The summed E-state index contributed by atoms with van der Waals surface area (Å²) in [5.74, 6) is 5.77. The summed E-state index contributed by atoms with van der Waals surface area (Å²) in [5, 5.41) is 11.4. The molecule has 0 amide bonds. The number of benzene rings is 2. The Balaban J connectivity index is 2.21. The van der Waals surface area contributed by atoms with Crippen LogP contribution in [0.5, 0.6) is 0 Å². The van der Waals surface area contributed by atoms with Gasteiger partial charge >= 0.3 is 0 Å². The predicted octanol–water partition coefficient (Wildman–Crippen LogP) is 3.17. The lowest BCUT2D eigenvalue weighted by Gasteiger charge is -2.12. The first-order chi connectivity index (χ1) is 11.4. The fourth-order valence-corrected chi connectivity index (χ4v) is 2.54. The molecule has 1 aromatic heterocycles. The predicted molar refractivity (Wildman–Crippen MR) is 96.9 cm³/mol. The van der Waals surface area contributed by atoms with E-state index >= 15 is 0 Å². The molecule has 0 radical (unpaired) electrons. The Labute approximate surface area is 141 Å². The topological polar surface area (TPSA) is 42.2 Å². The maximum absolute atomic E-state index is 12.9. The number of nitrogens with zero attached hydrogens (tertiary/aromatic N) is 1. The number of rotatable bonds is 2. The minimum absolute atomic E-state index is 0.0722. The summed E-state index contributed by atoms with van der Waals surface area (Å²) in [7, 11) is 0. The second-order valence-corrected chi connectivity index (χ2v) is 6.30. The van der Waals surface area contributed by atoms with Crippen molar-refractivity contribution in [1.82, 2.24) is 4.57 Å². The third-order valence-corrected chi connectivity index (χ3v) is 3.70. The third-order valence-electron chi connectivity index (χ3n) is 3.70. The number of pyridine rings is 1. The molecule has 3 aromatic rings. The van der Waals surface area contributed by atoms with E-state index < -0.39 is 5.60 Å². The zero-order valence-electron chi connectivity index (χ0n) is 13.8. The first-order valence-electron chi connectivity index (χ1n) is 7.86. The zero-order chi connectivity index (χ0) is 17.2. The SMILES string of the molecule is CC(C)(O)C#Cc1cc2ccccc2c(=O)n1Cc1ccccc1. The molecule has 0 saturated heterocycles. The van der Waals surface area contributed by atoms with E-state index in [1.165, 1.54) is 0 Å². The van der Waals surface area contributed by atoms with Crippen LogP contribution in [-0.4, -0.2) is 15.3 Å². The van der Waals surface area contributed by atoms with Crippen LogP contribution < -0.4 is 5.56 Å². The minimum Gasteiger partial charge on any atom is -0.378 e. The van der Waals surface area contributed by atoms with E-state index in [-0.39, 0.29) is 5.56 Å². The van der Waals surface area contributed by atoms with Gasteiger partial charge in [0, 0.05) is 5.39 Å². The monoisotopic (exact) mass is 317 g/mol. The molecule has 0 aliphatic heterocycles. The van der Waals surface area contributed by atoms with E-state index in [1.54, 1.807) is 18.4 Å². The number of hydrogen-bond acceptors (Lipinski definition) is 2. The molecule has 0 fully saturated rings. The highest BCUT2D eigenvalue weighted by Crippen LogP contribution is 2.13. The highest BCUT2D eigenvalue weighted by Gasteiger charge is 2.10. The van der Waals surface area contributed by atoms with Gasteiger partial charge in [-0.2, -0.15) is 0 Å². The van der Waals surface area contributed by atoms with Crippen LogP contribution in [0.3, 0.4) is 0 Å². The van der Waals surface area contributed by atoms with Gasteiger partial charge in [0.1, 0.15) is 5.60 Å². The van der Waals surface area contributed by atoms with Gasteiger partial charge in [-0.3, -0.25) is 9.36 Å². The number of aromatic nitrogens is 1. The van der Waals surface area contributed by atoms with Crippen LogP contribution in [0.4, 0.5) is 0 Å². The summed E-state index contributed by atoms with van der Waals surface area (Å²) in [4.78, 5) is 12.9. The Hall–Kier alpha value is -2.83. The van der Waals surface area contributed by atoms with Crippen molar-refractivity contribution in [3.8, 4) is 11.8 Å². The van der Waals surface area contributed by atoms with Crippen molar-refractivity contribution in [3.05, 3.63) is 82.3 Å². The van der Waals surface area contributed by atoms with Crippen molar-refractivity contribution in [2.45, 2.75) is 26.0 Å². The van der Waals surface area contributed by atoms with E-state index in [9.17, 15) is 9.90 Å². The van der Waals surface area contributed by atoms with Crippen LogP contribution in [0.25, 0.3) is 10.8 Å². The number of hydrogen-bond donors (Lipinski definition) is 1. The molecule has 0 saturated carbocycles. The molecule has 0 aliphatic carbocycles. The minimum atomic E-state index is -1.11. The Bertz CT molecular complexity index is 983. The Morgan fingerprint density at radius 3 is 2.42 bits per heavy atom. The van der Waals surface area contributed by atoms with Gasteiger partial charge in [0.2, 0.25) is 0 Å². The quantitative estimate of drug-likeness (QED) is 0.738. The van der Waals surface area contributed by atoms with Gasteiger partial charge in [0.25, 0.3) is 5.56 Å². The van der Waals surface area contributed by atoms with Gasteiger partial charge in [0.15, 0.2) is 0 Å². The molecule has 3 heteroatoms. The van der Waals surface area contributed by atoms with E-state index in [1.807, 2.05) is 60.7 Å². The van der Waals surface area contributed by atoms with Crippen LogP contribution in [0.2, 0.25) is 0 Å². The average Bonchev–Trinajstić information content (AvgIpc) is 2.56. The molecule has 0 atom stereocenters. The van der Waals surface area contributed by atoms with Crippen LogP contribution in [0.15, 0.2) is 65.5 Å². The maximum Gasteiger partial charge on any atom is 0.259 e. The van der Waals surface area contributed by atoms with E-state index in [2.05, 4.69) is 11.8 Å². The lowest BCUT2D eigenvalue weighted by atomic mass is 10.1. The average molecular weight is 317 g/mol. The fraction of sp³-hybridized carbons (Fsp3) is 0.190. The third kappa shape index (κ3) is 3.56. The van der Waals surface area contributed by atoms with E-state index in [4.69, 9.17) is 0 Å². The van der Waals surface area contributed by atoms with Crippen molar-refractivity contribution in [3.63, 3.8) is 0 Å². The Morgan fingerprint density at radius 2 is 1.71 bits per heavy atom. The standard InChI is InChI=1S/C21H19NO2/c1-21(2,24)13-12-18-14-17-10-6-7-11-19(17)20(23)22(18)15-16-8-4-3-5-9-16/h3-11,14,24H,15H2,1-2H3. The van der Waals surface area contributed by atoms with Crippen LogP contribution in [0, 0.1) is 11.8 Å². The molecule has 0 spiro atoms. The molecule has 24 heavy (non-hydrogen) atoms. The normalized spacial score (nSPS) is 11.1.